The van der Waals surface area contributed by atoms with Gasteiger partial charge in [-0.15, -0.1) is 0 Å². The topological polar surface area (TPSA) is 317 Å². The summed E-state index contributed by atoms with van der Waals surface area (Å²) in [6.07, 6.45) is 2.81. The number of benzene rings is 4. The number of carbonyl (C=O) groups excluding carboxylic acids is 4. The van der Waals surface area contributed by atoms with Crippen molar-refractivity contribution >= 4 is 51.7 Å². The zero-order valence-corrected chi connectivity index (χ0v) is 43.9. The number of carbonyl (C=O) groups is 4. The lowest BCUT2D eigenvalue weighted by Gasteiger charge is -2.24. The molecular formula is C54H74N10O12. The van der Waals surface area contributed by atoms with Gasteiger partial charge < -0.3 is 81.9 Å². The van der Waals surface area contributed by atoms with Gasteiger partial charge in [-0.3, -0.25) is 29.5 Å². The van der Waals surface area contributed by atoms with E-state index >= 15 is 0 Å². The Kier molecular flexibility index (Phi) is 22.2. The summed E-state index contributed by atoms with van der Waals surface area (Å²) in [5, 5.41) is 58.6. The van der Waals surface area contributed by atoms with Crippen LogP contribution < -0.4 is 38.1 Å². The van der Waals surface area contributed by atoms with E-state index in [-0.39, 0.29) is 80.3 Å². The first-order chi connectivity index (χ1) is 36.6. The minimum Gasteiger partial charge on any atom is -0.507 e. The van der Waals surface area contributed by atoms with Crippen molar-refractivity contribution in [3.63, 3.8) is 0 Å². The average Bonchev–Trinajstić information content (AvgIpc) is 3.38. The van der Waals surface area contributed by atoms with Gasteiger partial charge in [0.15, 0.2) is 0 Å². The fourth-order valence-corrected chi connectivity index (χ4v) is 8.73. The molecule has 2 aliphatic rings. The molecule has 0 fully saturated rings. The summed E-state index contributed by atoms with van der Waals surface area (Å²) < 4.78 is 22.6. The fourth-order valence-electron chi connectivity index (χ4n) is 8.73. The van der Waals surface area contributed by atoms with E-state index in [2.05, 4.69) is 31.6 Å². The number of unbranched alkanes of at least 4 members (excludes halogenated alkanes) is 1. The largest absolute Gasteiger partial charge is 0.507 e. The van der Waals surface area contributed by atoms with E-state index in [1.165, 1.54) is 36.4 Å². The van der Waals surface area contributed by atoms with Crippen molar-refractivity contribution in [1.82, 2.24) is 15.1 Å². The summed E-state index contributed by atoms with van der Waals surface area (Å²) in [4.78, 5) is 63.3. The number of fused-ring (bicyclic) bond motifs is 4. The number of rotatable bonds is 34. The summed E-state index contributed by atoms with van der Waals surface area (Å²) in [6.45, 7) is 6.65. The summed E-state index contributed by atoms with van der Waals surface area (Å²) >= 11 is 0. The second kappa shape index (κ2) is 28.9. The molecule has 0 bridgehead atoms. The number of hydrogen-bond acceptors (Lipinski definition) is 21. The SMILES string of the molecule is CN(C)CCNc1ccc(O)c2c1C(=O)c1c(O)ccc(NCCOCCNC(N)CCCCC(N)=NCCOCCOCCOCCNc3ccc(O)c4c3C(=O)c3c(O)ccc(NCCN(C)C)c3C4=O)c1C2=O. The fraction of sp³-hybridized carbons (Fsp3) is 0.463. The zero-order chi connectivity index (χ0) is 54.7. The van der Waals surface area contributed by atoms with Crippen molar-refractivity contribution in [2.75, 3.05) is 155 Å². The smallest absolute Gasteiger partial charge is 0.200 e. The molecule has 2 aliphatic carbocycles. The predicted octanol–water partition coefficient (Wildman–Crippen LogP) is 3.39. The van der Waals surface area contributed by atoms with E-state index in [0.717, 1.165) is 19.3 Å². The molecule has 0 saturated heterocycles. The molecule has 0 amide bonds. The molecule has 22 heteroatoms. The highest BCUT2D eigenvalue weighted by Crippen LogP contribution is 2.44. The molecule has 1 atom stereocenters. The molecule has 0 aliphatic heterocycles. The van der Waals surface area contributed by atoms with Crippen molar-refractivity contribution in [1.29, 1.82) is 0 Å². The molecule has 0 aromatic heterocycles. The van der Waals surface area contributed by atoms with Crippen LogP contribution in [-0.4, -0.2) is 199 Å². The number of aliphatic imine (C=N–C) groups is 1. The lowest BCUT2D eigenvalue weighted by atomic mass is 9.81. The lowest BCUT2D eigenvalue weighted by molar-refractivity contribution is 0.0179. The standard InChI is InChI=1S/C54H74N10O12/c1-63(2)23-17-57-33-9-13-37(65)47-43(33)51(69)49-39(67)15-11-35(45(49)53(47)71)59-19-25-73-27-21-61-41(55)7-5-6-8-42(56)62-22-28-75-30-32-76-31-29-74-26-20-60-36-12-16-40(68)50-46(36)54(72)48-38(66)14-10-34(44(48)52(50)70)58-18-24-64(3)4/h9-16,41,57-61,65-68H,5-8,17-32,55H2,1-4H3,(H2,56,62). The van der Waals surface area contributed by atoms with E-state index in [1.807, 2.05) is 38.0 Å². The quantitative estimate of drug-likeness (QED) is 0.00907. The molecular weight excluding hydrogens is 981 g/mol. The molecule has 412 valence electrons. The van der Waals surface area contributed by atoms with Crippen LogP contribution in [0.5, 0.6) is 23.0 Å². The van der Waals surface area contributed by atoms with Gasteiger partial charge in [0, 0.05) is 75.0 Å². The second-order valence-corrected chi connectivity index (χ2v) is 18.8. The number of nitrogens with one attached hydrogen (secondary N) is 5. The highest BCUT2D eigenvalue weighted by atomic mass is 16.5. The second-order valence-electron chi connectivity index (χ2n) is 18.8. The van der Waals surface area contributed by atoms with E-state index in [0.29, 0.717) is 134 Å². The van der Waals surface area contributed by atoms with Crippen LogP contribution in [0.4, 0.5) is 22.7 Å². The first-order valence-corrected chi connectivity index (χ1v) is 25.6. The van der Waals surface area contributed by atoms with Gasteiger partial charge in [0.1, 0.15) is 23.0 Å². The summed E-state index contributed by atoms with van der Waals surface area (Å²) in [7, 11) is 7.66. The maximum Gasteiger partial charge on any atom is 0.200 e. The molecule has 13 N–H and O–H groups in total. The lowest BCUT2D eigenvalue weighted by Crippen LogP contribution is -2.39. The van der Waals surface area contributed by atoms with Crippen LogP contribution >= 0.6 is 0 Å². The molecule has 0 heterocycles. The molecule has 0 saturated carbocycles. The number of likely N-dealkylation sites (N-methyl/N-ethyl adjacent to an activating group) is 2. The summed E-state index contributed by atoms with van der Waals surface area (Å²) in [5.74, 6) is -2.96. The Labute approximate surface area is 443 Å². The molecule has 0 radical (unpaired) electrons. The van der Waals surface area contributed by atoms with Crippen molar-refractivity contribution in [2.24, 2.45) is 16.5 Å². The van der Waals surface area contributed by atoms with Crippen LogP contribution in [0.15, 0.2) is 53.5 Å². The number of nitrogens with zero attached hydrogens (tertiary/aromatic N) is 3. The van der Waals surface area contributed by atoms with Gasteiger partial charge in [-0.25, -0.2) is 0 Å². The number of phenolic OH excluding ortho intramolecular Hbond substituents is 4. The average molecular weight is 1060 g/mol. The van der Waals surface area contributed by atoms with Crippen molar-refractivity contribution in [3.05, 3.63) is 93.0 Å². The van der Waals surface area contributed by atoms with E-state index in [4.69, 9.17) is 30.4 Å². The van der Waals surface area contributed by atoms with Crippen molar-refractivity contribution < 1.29 is 58.6 Å². The number of aromatic hydroxyl groups is 4. The highest BCUT2D eigenvalue weighted by molar-refractivity contribution is 6.34. The molecule has 6 rings (SSSR count). The molecule has 1 unspecified atom stereocenters. The van der Waals surface area contributed by atoms with Gasteiger partial charge in [-0.2, -0.15) is 0 Å². The van der Waals surface area contributed by atoms with E-state index in [9.17, 15) is 39.6 Å². The maximum atomic E-state index is 13.8. The highest BCUT2D eigenvalue weighted by Gasteiger charge is 2.39. The Balaban J connectivity index is 0.768. The Morgan fingerprint density at radius 1 is 0.487 bits per heavy atom. The zero-order valence-electron chi connectivity index (χ0n) is 43.9. The van der Waals surface area contributed by atoms with Gasteiger partial charge in [-0.1, -0.05) is 6.42 Å². The van der Waals surface area contributed by atoms with Crippen LogP contribution in [-0.2, 0) is 18.9 Å². The summed E-state index contributed by atoms with van der Waals surface area (Å²) in [5.41, 5.74) is 13.5. The molecule has 76 heavy (non-hydrogen) atoms. The van der Waals surface area contributed by atoms with Crippen LogP contribution in [0.1, 0.15) is 89.4 Å². The number of amidine groups is 1. The van der Waals surface area contributed by atoms with Crippen LogP contribution in [0.25, 0.3) is 0 Å². The number of nitrogens with two attached hydrogens (primary N) is 2. The van der Waals surface area contributed by atoms with Crippen LogP contribution in [0, 0.1) is 0 Å². The van der Waals surface area contributed by atoms with Gasteiger partial charge in [0.2, 0.25) is 23.1 Å². The minimum absolute atomic E-state index is 0.00146. The monoisotopic (exact) mass is 1050 g/mol. The normalized spacial score (nSPS) is 13.4. The van der Waals surface area contributed by atoms with Gasteiger partial charge in [0.05, 0.1) is 116 Å². The Bertz CT molecular complexity index is 2700. The number of anilines is 4. The van der Waals surface area contributed by atoms with Gasteiger partial charge in [0.25, 0.3) is 0 Å². The Hall–Kier alpha value is -6.89. The number of ketones is 4. The number of ether oxygens (including phenoxy) is 4. The van der Waals surface area contributed by atoms with E-state index in [1.54, 1.807) is 12.1 Å². The number of phenols is 4. The minimum atomic E-state index is -0.568. The molecule has 22 nitrogen and oxygen atoms in total. The van der Waals surface area contributed by atoms with Crippen LogP contribution in [0.3, 0.4) is 0 Å². The Morgan fingerprint density at radius 2 is 0.829 bits per heavy atom. The third-order valence-corrected chi connectivity index (χ3v) is 12.6. The third kappa shape index (κ3) is 15.4. The van der Waals surface area contributed by atoms with Crippen LogP contribution in [0.2, 0.25) is 0 Å². The summed E-state index contributed by atoms with van der Waals surface area (Å²) in [6, 6.07) is 11.7. The predicted molar refractivity (Wildman–Crippen MR) is 291 cm³/mol. The third-order valence-electron chi connectivity index (χ3n) is 12.6. The van der Waals surface area contributed by atoms with E-state index < -0.39 is 23.1 Å². The first kappa shape index (κ1) is 58.4. The van der Waals surface area contributed by atoms with Gasteiger partial charge in [-0.05, 0) is 89.6 Å². The Morgan fingerprint density at radius 3 is 1.22 bits per heavy atom. The number of hydrogen-bond donors (Lipinski definition) is 11. The molecule has 4 aromatic rings. The molecule has 0 spiro atoms. The first-order valence-electron chi connectivity index (χ1n) is 25.6. The van der Waals surface area contributed by atoms with Crippen molar-refractivity contribution in [2.45, 2.75) is 31.8 Å². The molecule has 4 aromatic carbocycles. The van der Waals surface area contributed by atoms with Crippen molar-refractivity contribution in [3.8, 4) is 23.0 Å². The van der Waals surface area contributed by atoms with Gasteiger partial charge >= 0.3 is 0 Å². The maximum absolute atomic E-state index is 13.8.